The Balaban J connectivity index is 4.09. The molecule has 0 fully saturated rings. The summed E-state index contributed by atoms with van der Waals surface area (Å²) >= 11 is 17.3. The molecule has 0 heterocycles. The Kier molecular flexibility index (Phi) is 5.95. The molecule has 0 aliphatic carbocycles. The van der Waals surface area contributed by atoms with Crippen LogP contribution in [0.25, 0.3) is 0 Å². The van der Waals surface area contributed by atoms with Gasteiger partial charge in [0.05, 0.1) is 5.25 Å². The molecule has 0 aliphatic heterocycles. The molecule has 0 amide bonds. The molecule has 0 rings (SSSR count). The van der Waals surface area contributed by atoms with E-state index in [-0.39, 0.29) is 10.00 Å². The molecule has 0 N–H and O–H groups in total. The summed E-state index contributed by atoms with van der Waals surface area (Å²) in [5.41, 5.74) is 0. The van der Waals surface area contributed by atoms with E-state index in [1.807, 2.05) is 0 Å². The van der Waals surface area contributed by atoms with Gasteiger partial charge in [0.25, 0.3) is 0 Å². The van der Waals surface area contributed by atoms with E-state index in [2.05, 4.69) is 27.4 Å². The van der Waals surface area contributed by atoms with Gasteiger partial charge in [0.1, 0.15) is 0 Å². The topological polar surface area (TPSA) is 0 Å². The summed E-state index contributed by atoms with van der Waals surface area (Å²) in [4.78, 5) is 0. The SMILES string of the molecule is C=CC(SSC(C)(C)C)C(Cl)(Cl)Cl. The lowest BCUT2D eigenvalue weighted by Gasteiger charge is -2.24. The smallest absolute Gasteiger partial charge is 0.102 e. The Labute approximate surface area is 103 Å². The van der Waals surface area contributed by atoms with Gasteiger partial charge in [-0.3, -0.25) is 0 Å². The second-order valence-electron chi connectivity index (χ2n) is 3.49. The van der Waals surface area contributed by atoms with Gasteiger partial charge in [0, 0.05) is 4.75 Å². The number of hydrogen-bond acceptors (Lipinski definition) is 2. The molecule has 1 atom stereocenters. The molecule has 0 aromatic rings. The number of alkyl halides is 3. The molecule has 0 bridgehead atoms. The van der Waals surface area contributed by atoms with Gasteiger partial charge in [0.2, 0.25) is 3.79 Å². The predicted molar refractivity (Wildman–Crippen MR) is 69.2 cm³/mol. The minimum Gasteiger partial charge on any atom is -0.102 e. The lowest BCUT2D eigenvalue weighted by atomic mass is 10.3. The van der Waals surface area contributed by atoms with Crippen LogP contribution in [0.2, 0.25) is 0 Å². The maximum Gasteiger partial charge on any atom is 0.206 e. The molecule has 0 saturated heterocycles. The highest BCUT2D eigenvalue weighted by Crippen LogP contribution is 2.46. The van der Waals surface area contributed by atoms with Crippen molar-refractivity contribution in [2.24, 2.45) is 0 Å². The number of halogens is 3. The van der Waals surface area contributed by atoms with Crippen molar-refractivity contribution in [3.05, 3.63) is 12.7 Å². The highest BCUT2D eigenvalue weighted by atomic mass is 35.6. The second-order valence-corrected chi connectivity index (χ2v) is 9.03. The third-order valence-corrected chi connectivity index (χ3v) is 5.79. The van der Waals surface area contributed by atoms with E-state index in [0.29, 0.717) is 0 Å². The van der Waals surface area contributed by atoms with Crippen molar-refractivity contribution in [3.8, 4) is 0 Å². The van der Waals surface area contributed by atoms with Gasteiger partial charge < -0.3 is 0 Å². The van der Waals surface area contributed by atoms with E-state index >= 15 is 0 Å². The van der Waals surface area contributed by atoms with Crippen molar-refractivity contribution in [1.29, 1.82) is 0 Å². The lowest BCUT2D eigenvalue weighted by molar-refractivity contribution is 0.810. The minimum atomic E-state index is -1.27. The molecule has 0 spiro atoms. The molecular weight excluding hydrogens is 267 g/mol. The summed E-state index contributed by atoms with van der Waals surface area (Å²) in [6.07, 6.45) is 1.66. The molecular formula is C8H13Cl3S2. The molecule has 0 aliphatic rings. The predicted octanol–water partition coefficient (Wildman–Crippen LogP) is 5.09. The Morgan fingerprint density at radius 1 is 1.23 bits per heavy atom. The molecule has 78 valence electrons. The Hall–Kier alpha value is 1.31. The summed E-state index contributed by atoms with van der Waals surface area (Å²) in [5.74, 6) is 0. The van der Waals surface area contributed by atoms with Crippen molar-refractivity contribution < 1.29 is 0 Å². The van der Waals surface area contributed by atoms with Crippen molar-refractivity contribution in [3.63, 3.8) is 0 Å². The maximum absolute atomic E-state index is 5.75. The summed E-state index contributed by atoms with van der Waals surface area (Å²) in [6.45, 7) is 9.98. The summed E-state index contributed by atoms with van der Waals surface area (Å²) in [7, 11) is 3.22. The molecule has 0 saturated carbocycles. The molecule has 13 heavy (non-hydrogen) atoms. The fourth-order valence-corrected chi connectivity index (χ4v) is 3.99. The van der Waals surface area contributed by atoms with Crippen LogP contribution in [0.5, 0.6) is 0 Å². The molecule has 0 nitrogen and oxygen atoms in total. The van der Waals surface area contributed by atoms with Crippen molar-refractivity contribution in [2.75, 3.05) is 0 Å². The molecule has 0 aromatic carbocycles. The summed E-state index contributed by atoms with van der Waals surface area (Å²) < 4.78 is -1.12. The zero-order chi connectivity index (χ0) is 10.7. The number of hydrogen-bond donors (Lipinski definition) is 0. The van der Waals surface area contributed by atoms with Crippen LogP contribution in [0.4, 0.5) is 0 Å². The molecule has 1 unspecified atom stereocenters. The number of rotatable bonds is 3. The van der Waals surface area contributed by atoms with Gasteiger partial charge in [-0.1, -0.05) is 83.2 Å². The zero-order valence-corrected chi connectivity index (χ0v) is 11.7. The average Bonchev–Trinajstić information content (AvgIpc) is 1.82. The Morgan fingerprint density at radius 3 is 1.92 bits per heavy atom. The van der Waals surface area contributed by atoms with E-state index in [4.69, 9.17) is 34.8 Å². The highest BCUT2D eigenvalue weighted by Gasteiger charge is 2.32. The van der Waals surface area contributed by atoms with Crippen LogP contribution in [0.15, 0.2) is 12.7 Å². The third-order valence-electron chi connectivity index (χ3n) is 0.938. The van der Waals surface area contributed by atoms with E-state index < -0.39 is 3.79 Å². The second kappa shape index (κ2) is 5.41. The quantitative estimate of drug-likeness (QED) is 0.401. The first-order chi connectivity index (χ1) is 5.67. The average molecular weight is 280 g/mol. The van der Waals surface area contributed by atoms with Gasteiger partial charge in [0.15, 0.2) is 0 Å². The van der Waals surface area contributed by atoms with Gasteiger partial charge >= 0.3 is 0 Å². The third kappa shape index (κ3) is 7.26. The fraction of sp³-hybridized carbons (Fsp3) is 0.750. The zero-order valence-electron chi connectivity index (χ0n) is 7.81. The van der Waals surface area contributed by atoms with E-state index in [9.17, 15) is 0 Å². The Bertz CT molecular complexity index is 169. The first-order valence-corrected chi connectivity index (χ1v) is 7.05. The van der Waals surface area contributed by atoms with Crippen LogP contribution in [-0.2, 0) is 0 Å². The maximum atomic E-state index is 5.75. The normalized spacial score (nSPS) is 15.5. The molecule has 5 heteroatoms. The van der Waals surface area contributed by atoms with Gasteiger partial charge in [-0.05, 0) is 0 Å². The largest absolute Gasteiger partial charge is 0.206 e. The monoisotopic (exact) mass is 278 g/mol. The molecule has 0 radical (unpaired) electrons. The summed E-state index contributed by atoms with van der Waals surface area (Å²) in [6, 6.07) is 0. The van der Waals surface area contributed by atoms with E-state index in [1.54, 1.807) is 16.9 Å². The first kappa shape index (κ1) is 14.3. The first-order valence-electron chi connectivity index (χ1n) is 3.70. The highest BCUT2D eigenvalue weighted by molar-refractivity contribution is 8.77. The van der Waals surface area contributed by atoms with Crippen molar-refractivity contribution in [1.82, 2.24) is 0 Å². The Morgan fingerprint density at radius 2 is 1.69 bits per heavy atom. The van der Waals surface area contributed by atoms with Crippen molar-refractivity contribution >= 4 is 56.4 Å². The van der Waals surface area contributed by atoms with Crippen LogP contribution in [0.1, 0.15) is 20.8 Å². The summed E-state index contributed by atoms with van der Waals surface area (Å²) in [5, 5.41) is -0.179. The van der Waals surface area contributed by atoms with Crippen LogP contribution < -0.4 is 0 Å². The van der Waals surface area contributed by atoms with Crippen LogP contribution in [0, 0.1) is 0 Å². The van der Waals surface area contributed by atoms with Crippen LogP contribution >= 0.6 is 56.4 Å². The van der Waals surface area contributed by atoms with Gasteiger partial charge in [-0.25, -0.2) is 0 Å². The molecule has 0 aromatic heterocycles. The lowest BCUT2D eigenvalue weighted by Crippen LogP contribution is -2.19. The van der Waals surface area contributed by atoms with Crippen molar-refractivity contribution in [2.45, 2.75) is 34.6 Å². The van der Waals surface area contributed by atoms with E-state index in [1.165, 1.54) is 10.8 Å². The van der Waals surface area contributed by atoms with E-state index in [0.717, 1.165) is 0 Å². The van der Waals surface area contributed by atoms with Crippen LogP contribution in [-0.4, -0.2) is 13.8 Å². The van der Waals surface area contributed by atoms with Crippen LogP contribution in [0.3, 0.4) is 0 Å². The minimum absolute atomic E-state index is 0.155. The fourth-order valence-electron chi connectivity index (χ4n) is 0.424. The standard InChI is InChI=1S/C8H13Cl3S2/c1-5-6(8(9,10)11)12-13-7(2,3)4/h5-6H,1H2,2-4H3. The van der Waals surface area contributed by atoms with Gasteiger partial charge in [-0.15, -0.1) is 6.58 Å². The van der Waals surface area contributed by atoms with Gasteiger partial charge in [-0.2, -0.15) is 0 Å².